The SMILES string of the molecule is CCCOC1CCN(CSC)CC1. The summed E-state index contributed by atoms with van der Waals surface area (Å²) in [4.78, 5) is 2.51. The molecular weight excluding hydrogens is 182 g/mol. The molecule has 3 heteroatoms. The van der Waals surface area contributed by atoms with E-state index in [0.29, 0.717) is 6.10 Å². The summed E-state index contributed by atoms with van der Waals surface area (Å²) >= 11 is 1.91. The zero-order chi connectivity index (χ0) is 9.52. The summed E-state index contributed by atoms with van der Waals surface area (Å²) in [6.07, 6.45) is 6.30. The van der Waals surface area contributed by atoms with E-state index in [0.717, 1.165) is 13.0 Å². The third-order valence-corrected chi connectivity index (χ3v) is 3.03. The van der Waals surface area contributed by atoms with Crippen molar-refractivity contribution in [1.82, 2.24) is 4.90 Å². The fraction of sp³-hybridized carbons (Fsp3) is 1.00. The van der Waals surface area contributed by atoms with Crippen molar-refractivity contribution in [2.75, 3.05) is 31.8 Å². The van der Waals surface area contributed by atoms with E-state index in [-0.39, 0.29) is 0 Å². The third kappa shape index (κ3) is 4.34. The molecule has 0 saturated carbocycles. The Hall–Kier alpha value is 0.270. The summed E-state index contributed by atoms with van der Waals surface area (Å²) < 4.78 is 5.73. The van der Waals surface area contributed by atoms with Crippen LogP contribution in [0.5, 0.6) is 0 Å². The van der Waals surface area contributed by atoms with Crippen LogP contribution < -0.4 is 0 Å². The van der Waals surface area contributed by atoms with Crippen LogP contribution in [-0.4, -0.2) is 42.8 Å². The predicted octanol–water partition coefficient (Wildman–Crippen LogP) is 2.20. The van der Waals surface area contributed by atoms with Gasteiger partial charge in [-0.15, -0.1) is 11.8 Å². The van der Waals surface area contributed by atoms with Gasteiger partial charge in [0.05, 0.1) is 6.10 Å². The van der Waals surface area contributed by atoms with Gasteiger partial charge in [-0.05, 0) is 25.5 Å². The van der Waals surface area contributed by atoms with Crippen LogP contribution in [0.15, 0.2) is 0 Å². The summed E-state index contributed by atoms with van der Waals surface area (Å²) in [5.74, 6) is 1.18. The van der Waals surface area contributed by atoms with Gasteiger partial charge in [-0.25, -0.2) is 0 Å². The highest BCUT2D eigenvalue weighted by molar-refractivity contribution is 7.98. The van der Waals surface area contributed by atoms with Crippen molar-refractivity contribution < 1.29 is 4.74 Å². The average Bonchev–Trinajstić information content (AvgIpc) is 2.17. The van der Waals surface area contributed by atoms with Crippen LogP contribution in [0.2, 0.25) is 0 Å². The van der Waals surface area contributed by atoms with Crippen LogP contribution in [0.3, 0.4) is 0 Å². The lowest BCUT2D eigenvalue weighted by Gasteiger charge is -2.31. The highest BCUT2D eigenvalue weighted by Gasteiger charge is 2.18. The fourth-order valence-electron chi connectivity index (χ4n) is 1.67. The first kappa shape index (κ1) is 11.3. The zero-order valence-corrected chi connectivity index (χ0v) is 9.61. The first-order chi connectivity index (χ1) is 6.36. The summed E-state index contributed by atoms with van der Waals surface area (Å²) in [5, 5.41) is 0. The van der Waals surface area contributed by atoms with Gasteiger partial charge in [-0.2, -0.15) is 0 Å². The van der Waals surface area contributed by atoms with Gasteiger partial charge >= 0.3 is 0 Å². The molecule has 0 aromatic rings. The van der Waals surface area contributed by atoms with Crippen molar-refractivity contribution in [1.29, 1.82) is 0 Å². The molecule has 1 saturated heterocycles. The number of thioether (sulfide) groups is 1. The molecule has 0 amide bonds. The van der Waals surface area contributed by atoms with E-state index >= 15 is 0 Å². The molecule has 0 bridgehead atoms. The predicted molar refractivity (Wildman–Crippen MR) is 59.2 cm³/mol. The molecule has 1 aliphatic rings. The van der Waals surface area contributed by atoms with Crippen molar-refractivity contribution in [2.45, 2.75) is 32.3 Å². The Labute approximate surface area is 86.0 Å². The molecule has 13 heavy (non-hydrogen) atoms. The second-order valence-corrected chi connectivity index (χ2v) is 4.44. The maximum absolute atomic E-state index is 5.73. The van der Waals surface area contributed by atoms with Gasteiger partial charge < -0.3 is 4.74 Å². The Morgan fingerprint density at radius 2 is 2.08 bits per heavy atom. The number of likely N-dealkylation sites (tertiary alicyclic amines) is 1. The molecule has 1 fully saturated rings. The molecule has 78 valence electrons. The van der Waals surface area contributed by atoms with Gasteiger partial charge in [-0.3, -0.25) is 4.90 Å². The highest BCUT2D eigenvalue weighted by atomic mass is 32.2. The van der Waals surface area contributed by atoms with Crippen molar-refractivity contribution in [2.24, 2.45) is 0 Å². The fourth-order valence-corrected chi connectivity index (χ4v) is 2.30. The van der Waals surface area contributed by atoms with Crippen molar-refractivity contribution in [3.63, 3.8) is 0 Å². The number of hydrogen-bond donors (Lipinski definition) is 0. The van der Waals surface area contributed by atoms with Crippen molar-refractivity contribution in [3.8, 4) is 0 Å². The number of nitrogens with zero attached hydrogens (tertiary/aromatic N) is 1. The second-order valence-electron chi connectivity index (χ2n) is 3.61. The maximum atomic E-state index is 5.73. The largest absolute Gasteiger partial charge is 0.378 e. The lowest BCUT2D eigenvalue weighted by atomic mass is 10.1. The lowest BCUT2D eigenvalue weighted by molar-refractivity contribution is 0.0118. The highest BCUT2D eigenvalue weighted by Crippen LogP contribution is 2.15. The van der Waals surface area contributed by atoms with Gasteiger partial charge in [0.2, 0.25) is 0 Å². The van der Waals surface area contributed by atoms with Gasteiger partial charge in [0.25, 0.3) is 0 Å². The van der Waals surface area contributed by atoms with Crippen molar-refractivity contribution >= 4 is 11.8 Å². The van der Waals surface area contributed by atoms with Crippen LogP contribution in [-0.2, 0) is 4.74 Å². The Morgan fingerprint density at radius 3 is 2.62 bits per heavy atom. The zero-order valence-electron chi connectivity index (χ0n) is 8.79. The quantitative estimate of drug-likeness (QED) is 0.679. The Balaban J connectivity index is 2.08. The standard InChI is InChI=1S/C10H21NOS/c1-3-8-12-10-4-6-11(7-5-10)9-13-2/h10H,3-9H2,1-2H3. The van der Waals surface area contributed by atoms with E-state index in [1.54, 1.807) is 0 Å². The van der Waals surface area contributed by atoms with Crippen LogP contribution in [0, 0.1) is 0 Å². The molecule has 1 aliphatic heterocycles. The normalized spacial score (nSPS) is 20.8. The van der Waals surface area contributed by atoms with E-state index < -0.39 is 0 Å². The van der Waals surface area contributed by atoms with E-state index in [1.807, 2.05) is 11.8 Å². The number of piperidine rings is 1. The third-order valence-electron chi connectivity index (χ3n) is 2.40. The molecule has 0 atom stereocenters. The maximum Gasteiger partial charge on any atom is 0.0599 e. The molecule has 0 aromatic carbocycles. The number of hydrogen-bond acceptors (Lipinski definition) is 3. The number of rotatable bonds is 5. The first-order valence-corrected chi connectivity index (χ1v) is 6.59. The van der Waals surface area contributed by atoms with Gasteiger partial charge in [0.15, 0.2) is 0 Å². The molecule has 0 aliphatic carbocycles. The Bertz CT molecular complexity index is 124. The van der Waals surface area contributed by atoms with Gasteiger partial charge in [-0.1, -0.05) is 6.92 Å². The molecule has 0 aromatic heterocycles. The topological polar surface area (TPSA) is 12.5 Å². The Kier molecular flexibility index (Phi) is 5.83. The summed E-state index contributed by atoms with van der Waals surface area (Å²) in [7, 11) is 0. The van der Waals surface area contributed by atoms with Crippen LogP contribution >= 0.6 is 11.8 Å². The Morgan fingerprint density at radius 1 is 1.38 bits per heavy atom. The van der Waals surface area contributed by atoms with Crippen LogP contribution in [0.25, 0.3) is 0 Å². The molecule has 0 radical (unpaired) electrons. The van der Waals surface area contributed by atoms with E-state index in [1.165, 1.54) is 31.8 Å². The second kappa shape index (κ2) is 6.68. The van der Waals surface area contributed by atoms with Crippen molar-refractivity contribution in [3.05, 3.63) is 0 Å². The van der Waals surface area contributed by atoms with Gasteiger partial charge in [0, 0.05) is 25.6 Å². The van der Waals surface area contributed by atoms with E-state index in [2.05, 4.69) is 18.1 Å². The van der Waals surface area contributed by atoms with Gasteiger partial charge in [0.1, 0.15) is 0 Å². The van der Waals surface area contributed by atoms with Crippen LogP contribution in [0.1, 0.15) is 26.2 Å². The minimum Gasteiger partial charge on any atom is -0.378 e. The lowest BCUT2D eigenvalue weighted by Crippen LogP contribution is -2.36. The number of ether oxygens (including phenoxy) is 1. The molecule has 1 heterocycles. The molecular formula is C10H21NOS. The molecule has 0 N–H and O–H groups in total. The summed E-state index contributed by atoms with van der Waals surface area (Å²) in [5.41, 5.74) is 0. The minimum absolute atomic E-state index is 0.540. The minimum atomic E-state index is 0.540. The first-order valence-electron chi connectivity index (χ1n) is 5.19. The average molecular weight is 203 g/mol. The summed E-state index contributed by atoms with van der Waals surface area (Å²) in [6, 6.07) is 0. The molecule has 2 nitrogen and oxygen atoms in total. The molecule has 0 unspecified atom stereocenters. The monoisotopic (exact) mass is 203 g/mol. The summed E-state index contributed by atoms with van der Waals surface area (Å²) in [6.45, 7) is 5.54. The van der Waals surface area contributed by atoms with E-state index in [9.17, 15) is 0 Å². The smallest absolute Gasteiger partial charge is 0.0599 e. The molecule has 0 spiro atoms. The molecule has 1 rings (SSSR count). The van der Waals surface area contributed by atoms with Crippen LogP contribution in [0.4, 0.5) is 0 Å². The van der Waals surface area contributed by atoms with E-state index in [4.69, 9.17) is 4.74 Å².